The molecule has 1 N–H and O–H groups in total. The number of nitrogens with one attached hydrogen (secondary N) is 1. The summed E-state index contributed by atoms with van der Waals surface area (Å²) < 4.78 is 16.9. The van der Waals surface area contributed by atoms with E-state index in [0.717, 1.165) is 33.8 Å². The van der Waals surface area contributed by atoms with Crippen LogP contribution in [0.4, 0.5) is 0 Å². The number of halogens is 1. The Labute approximate surface area is 192 Å². The van der Waals surface area contributed by atoms with E-state index in [1.165, 1.54) is 0 Å². The van der Waals surface area contributed by atoms with Gasteiger partial charge in [0, 0.05) is 36.4 Å². The van der Waals surface area contributed by atoms with Gasteiger partial charge in [0.15, 0.2) is 0 Å². The zero-order valence-corrected chi connectivity index (χ0v) is 18.8. The van der Waals surface area contributed by atoms with Crippen molar-refractivity contribution in [3.8, 4) is 28.4 Å². The van der Waals surface area contributed by atoms with Crippen LogP contribution >= 0.6 is 11.6 Å². The van der Waals surface area contributed by atoms with E-state index in [2.05, 4.69) is 16.4 Å². The normalized spacial score (nSPS) is 14.4. The molecule has 0 fully saturated rings. The minimum atomic E-state index is -0.160. The van der Waals surface area contributed by atoms with Gasteiger partial charge in [0.25, 0.3) is 0 Å². The highest BCUT2D eigenvalue weighted by atomic mass is 35.5. The number of hydrogen-bond acceptors (Lipinski definition) is 5. The zero-order chi connectivity index (χ0) is 22.5. The Morgan fingerprint density at radius 3 is 2.84 bits per heavy atom. The number of benzene rings is 2. The van der Waals surface area contributed by atoms with Crippen molar-refractivity contribution in [1.82, 2.24) is 10.3 Å². The summed E-state index contributed by atoms with van der Waals surface area (Å²) in [6, 6.07) is 13.4. The summed E-state index contributed by atoms with van der Waals surface area (Å²) >= 11 is 6.55. The fourth-order valence-corrected chi connectivity index (χ4v) is 4.10. The van der Waals surface area contributed by atoms with Crippen molar-refractivity contribution in [3.63, 3.8) is 0 Å². The smallest absolute Gasteiger partial charge is 0.220 e. The molecule has 0 radical (unpaired) electrons. The fraction of sp³-hybridized carbons (Fsp3) is 0.280. The van der Waals surface area contributed by atoms with Crippen molar-refractivity contribution in [3.05, 3.63) is 71.0 Å². The number of aromatic nitrogens is 1. The maximum Gasteiger partial charge on any atom is 0.220 e. The molecular formula is C25H25ClN2O4. The summed E-state index contributed by atoms with van der Waals surface area (Å²) in [7, 11) is 3.27. The van der Waals surface area contributed by atoms with E-state index >= 15 is 0 Å². The summed E-state index contributed by atoms with van der Waals surface area (Å²) in [5.41, 5.74) is 3.87. The first-order chi connectivity index (χ1) is 15.6. The molecule has 0 bridgehead atoms. The number of carbonyl (C=O) groups excluding carboxylic acids is 1. The number of pyridine rings is 1. The first-order valence-electron chi connectivity index (χ1n) is 10.4. The largest absolute Gasteiger partial charge is 0.497 e. The van der Waals surface area contributed by atoms with Gasteiger partial charge in [-0.25, -0.2) is 0 Å². The standard InChI is InChI=1S/C25H25ClN2O4/c1-30-19-6-7-23(31-2)21(13-19)17-10-18-11-20(32-25(18)22(26)12-17)15-28-24(29)8-5-16-4-3-9-27-14-16/h3-4,6-7,9-10,12-14,20H,5,8,11,15H2,1-2H3,(H,28,29). The van der Waals surface area contributed by atoms with Gasteiger partial charge in [-0.15, -0.1) is 0 Å². The van der Waals surface area contributed by atoms with Crippen LogP contribution in [0.3, 0.4) is 0 Å². The summed E-state index contributed by atoms with van der Waals surface area (Å²) in [5, 5.41) is 3.50. The molecular weight excluding hydrogens is 428 g/mol. The van der Waals surface area contributed by atoms with Crippen LogP contribution in [0.1, 0.15) is 17.5 Å². The first kappa shape index (κ1) is 22.0. The molecule has 1 atom stereocenters. The summed E-state index contributed by atoms with van der Waals surface area (Å²) in [6.07, 6.45) is 5.07. The van der Waals surface area contributed by atoms with Crippen LogP contribution in [0.15, 0.2) is 54.9 Å². The SMILES string of the molecule is COc1ccc(OC)c(-c2cc(Cl)c3c(c2)CC(CNC(=O)CCc2cccnc2)O3)c1. The number of nitrogens with zero attached hydrogens (tertiary/aromatic N) is 1. The van der Waals surface area contributed by atoms with Crippen LogP contribution in [0.5, 0.6) is 17.2 Å². The summed E-state index contributed by atoms with van der Waals surface area (Å²) in [6.45, 7) is 0.425. The average Bonchev–Trinajstić information content (AvgIpc) is 3.25. The lowest BCUT2D eigenvalue weighted by Crippen LogP contribution is -2.34. The number of amides is 1. The molecule has 1 amide bonds. The molecule has 2 heterocycles. The zero-order valence-electron chi connectivity index (χ0n) is 18.1. The Morgan fingerprint density at radius 2 is 2.09 bits per heavy atom. The number of ether oxygens (including phenoxy) is 3. The molecule has 7 heteroatoms. The third-order valence-electron chi connectivity index (χ3n) is 5.46. The minimum absolute atomic E-state index is 0.0127. The maximum absolute atomic E-state index is 12.2. The van der Waals surface area contributed by atoms with E-state index in [4.69, 9.17) is 25.8 Å². The molecule has 1 aliphatic heterocycles. The van der Waals surface area contributed by atoms with Crippen molar-refractivity contribution >= 4 is 17.5 Å². The quantitative estimate of drug-likeness (QED) is 0.546. The number of rotatable bonds is 8. The molecule has 32 heavy (non-hydrogen) atoms. The highest BCUT2D eigenvalue weighted by molar-refractivity contribution is 6.32. The first-order valence-corrected chi connectivity index (χ1v) is 10.8. The van der Waals surface area contributed by atoms with Gasteiger partial charge in [-0.3, -0.25) is 9.78 Å². The molecule has 6 nitrogen and oxygen atoms in total. The van der Waals surface area contributed by atoms with Gasteiger partial charge in [0.2, 0.25) is 5.91 Å². The van der Waals surface area contributed by atoms with Gasteiger partial charge >= 0.3 is 0 Å². The second kappa shape index (κ2) is 9.92. The van der Waals surface area contributed by atoms with Crippen LogP contribution < -0.4 is 19.5 Å². The van der Waals surface area contributed by atoms with Gasteiger partial charge in [0.05, 0.1) is 25.8 Å². The van der Waals surface area contributed by atoms with Crippen molar-refractivity contribution in [2.24, 2.45) is 0 Å². The van der Waals surface area contributed by atoms with Crippen LogP contribution in [-0.2, 0) is 17.6 Å². The average molecular weight is 453 g/mol. The van der Waals surface area contributed by atoms with Gasteiger partial charge in [-0.2, -0.15) is 0 Å². The van der Waals surface area contributed by atoms with Crippen LogP contribution in [0.2, 0.25) is 5.02 Å². The predicted octanol–water partition coefficient (Wildman–Crippen LogP) is 4.47. The van der Waals surface area contributed by atoms with Gasteiger partial charge < -0.3 is 19.5 Å². The number of carbonyl (C=O) groups is 1. The third-order valence-corrected chi connectivity index (χ3v) is 5.74. The maximum atomic E-state index is 12.2. The monoisotopic (exact) mass is 452 g/mol. The van der Waals surface area contributed by atoms with E-state index in [1.54, 1.807) is 26.6 Å². The molecule has 0 spiro atoms. The molecule has 0 saturated carbocycles. The summed E-state index contributed by atoms with van der Waals surface area (Å²) in [4.78, 5) is 16.3. The van der Waals surface area contributed by atoms with Crippen molar-refractivity contribution in [2.75, 3.05) is 20.8 Å². The Hall–Kier alpha value is -3.25. The van der Waals surface area contributed by atoms with Crippen molar-refractivity contribution in [2.45, 2.75) is 25.4 Å². The number of fused-ring (bicyclic) bond motifs is 1. The van der Waals surface area contributed by atoms with Gasteiger partial charge in [-0.05, 0) is 53.9 Å². The van der Waals surface area contributed by atoms with Crippen LogP contribution in [0.25, 0.3) is 11.1 Å². The Morgan fingerprint density at radius 1 is 1.22 bits per heavy atom. The highest BCUT2D eigenvalue weighted by Crippen LogP contribution is 2.42. The van der Waals surface area contributed by atoms with Crippen molar-refractivity contribution < 1.29 is 19.0 Å². The van der Waals surface area contributed by atoms with E-state index in [9.17, 15) is 4.79 Å². The molecule has 1 aliphatic rings. The molecule has 166 valence electrons. The Kier molecular flexibility index (Phi) is 6.81. The lowest BCUT2D eigenvalue weighted by Gasteiger charge is -2.13. The number of methoxy groups -OCH3 is 2. The lowest BCUT2D eigenvalue weighted by atomic mass is 9.99. The third kappa shape index (κ3) is 4.97. The molecule has 4 rings (SSSR count). The molecule has 0 saturated heterocycles. The molecule has 0 aliphatic carbocycles. The fourth-order valence-electron chi connectivity index (χ4n) is 3.82. The van der Waals surface area contributed by atoms with E-state index < -0.39 is 0 Å². The van der Waals surface area contributed by atoms with Gasteiger partial charge in [0.1, 0.15) is 23.4 Å². The summed E-state index contributed by atoms with van der Waals surface area (Å²) in [5.74, 6) is 2.13. The van der Waals surface area contributed by atoms with E-state index in [-0.39, 0.29) is 12.0 Å². The van der Waals surface area contributed by atoms with Crippen LogP contribution in [0, 0.1) is 0 Å². The lowest BCUT2D eigenvalue weighted by molar-refractivity contribution is -0.121. The van der Waals surface area contributed by atoms with E-state index in [1.807, 2.05) is 36.4 Å². The van der Waals surface area contributed by atoms with Crippen LogP contribution in [-0.4, -0.2) is 37.8 Å². The minimum Gasteiger partial charge on any atom is -0.497 e. The highest BCUT2D eigenvalue weighted by Gasteiger charge is 2.27. The Balaban J connectivity index is 1.41. The molecule has 3 aromatic rings. The van der Waals surface area contributed by atoms with E-state index in [0.29, 0.717) is 36.6 Å². The topological polar surface area (TPSA) is 69.7 Å². The number of hydrogen-bond donors (Lipinski definition) is 1. The molecule has 2 aromatic carbocycles. The van der Waals surface area contributed by atoms with Crippen molar-refractivity contribution in [1.29, 1.82) is 0 Å². The molecule has 1 aromatic heterocycles. The molecule has 1 unspecified atom stereocenters. The second-order valence-corrected chi connectivity index (χ2v) is 8.03. The second-order valence-electron chi connectivity index (χ2n) is 7.62. The number of aryl methyl sites for hydroxylation is 1. The Bertz CT molecular complexity index is 1100. The predicted molar refractivity (Wildman–Crippen MR) is 124 cm³/mol. The van der Waals surface area contributed by atoms with Gasteiger partial charge in [-0.1, -0.05) is 17.7 Å².